The maximum absolute atomic E-state index is 12.7. The van der Waals surface area contributed by atoms with Gasteiger partial charge in [-0.25, -0.2) is 0 Å². The highest BCUT2D eigenvalue weighted by molar-refractivity contribution is 7.21. The number of ketones is 1. The summed E-state index contributed by atoms with van der Waals surface area (Å²) in [4.78, 5) is 33.3. The van der Waals surface area contributed by atoms with Crippen molar-refractivity contribution in [2.75, 3.05) is 7.11 Å². The number of carbonyl (C=O) groups excluding carboxylic acids is 2. The van der Waals surface area contributed by atoms with Crippen LogP contribution >= 0.6 is 22.7 Å². The molecule has 1 aliphatic carbocycles. The lowest BCUT2D eigenvalue weighted by Crippen LogP contribution is -2.36. The van der Waals surface area contributed by atoms with Gasteiger partial charge in [-0.05, 0) is 43.3 Å². The van der Waals surface area contributed by atoms with Gasteiger partial charge in [-0.2, -0.15) is 0 Å². The number of aliphatic imine (C=N–C) groups is 1. The molecular formula is C20H19NO3S2. The van der Waals surface area contributed by atoms with Crippen LogP contribution in [0, 0.1) is 5.92 Å². The molecule has 0 amide bonds. The summed E-state index contributed by atoms with van der Waals surface area (Å²) in [7, 11) is 1.39. The standard InChI is InChI=1S/C20H19NO3S2/c1-11-17(20(23)24-2)19(18-12(21-11)5-3-6-13(18)22)16-9-8-15(26-16)14-7-4-10-25-14/h4,7-10,17,19H,3,5-6H2,1-2H3/t17?,19-/m0/s1. The van der Waals surface area contributed by atoms with E-state index in [1.807, 2.05) is 19.1 Å². The molecular weight excluding hydrogens is 366 g/mol. The molecule has 2 aromatic rings. The first-order valence-corrected chi connectivity index (χ1v) is 10.3. The molecule has 4 nitrogen and oxygen atoms in total. The molecule has 0 saturated carbocycles. The number of carbonyl (C=O) groups is 2. The van der Waals surface area contributed by atoms with E-state index in [0.717, 1.165) is 39.6 Å². The van der Waals surface area contributed by atoms with E-state index in [0.29, 0.717) is 6.42 Å². The molecule has 0 saturated heterocycles. The average molecular weight is 386 g/mol. The zero-order valence-electron chi connectivity index (χ0n) is 14.7. The van der Waals surface area contributed by atoms with Crippen LogP contribution in [0.4, 0.5) is 0 Å². The van der Waals surface area contributed by atoms with E-state index in [9.17, 15) is 9.59 Å². The number of thiophene rings is 2. The Morgan fingerprint density at radius 3 is 2.81 bits per heavy atom. The number of allylic oxidation sites excluding steroid dienone is 2. The fourth-order valence-electron chi connectivity index (χ4n) is 3.82. The molecule has 2 aliphatic rings. The molecule has 0 N–H and O–H groups in total. The summed E-state index contributed by atoms with van der Waals surface area (Å²) in [6, 6.07) is 8.24. The van der Waals surface area contributed by atoms with Crippen molar-refractivity contribution in [3.05, 3.63) is 45.8 Å². The summed E-state index contributed by atoms with van der Waals surface area (Å²) in [6.07, 6.45) is 2.15. The predicted molar refractivity (Wildman–Crippen MR) is 105 cm³/mol. The van der Waals surface area contributed by atoms with Crippen LogP contribution in [0.15, 0.2) is 45.9 Å². The number of esters is 1. The molecule has 0 aromatic carbocycles. The van der Waals surface area contributed by atoms with Gasteiger partial charge < -0.3 is 4.74 Å². The fraction of sp³-hybridized carbons (Fsp3) is 0.350. The lowest BCUT2D eigenvalue weighted by Gasteiger charge is -2.33. The Hall–Kier alpha value is -2.05. The van der Waals surface area contributed by atoms with Gasteiger partial charge in [-0.1, -0.05) is 6.07 Å². The first kappa shape index (κ1) is 17.4. The van der Waals surface area contributed by atoms with E-state index < -0.39 is 5.92 Å². The molecule has 1 unspecified atom stereocenters. The molecule has 0 fully saturated rings. The molecule has 0 radical (unpaired) electrons. The maximum Gasteiger partial charge on any atom is 0.315 e. The highest BCUT2D eigenvalue weighted by Gasteiger charge is 2.43. The van der Waals surface area contributed by atoms with Gasteiger partial charge in [0, 0.05) is 44.0 Å². The van der Waals surface area contributed by atoms with E-state index in [1.165, 1.54) is 12.0 Å². The predicted octanol–water partition coefficient (Wildman–Crippen LogP) is 4.83. The Bertz CT molecular complexity index is 921. The first-order chi connectivity index (χ1) is 12.6. The third-order valence-corrected chi connectivity index (χ3v) is 7.22. The number of hydrogen-bond donors (Lipinski definition) is 0. The van der Waals surface area contributed by atoms with Crippen LogP contribution < -0.4 is 0 Å². The van der Waals surface area contributed by atoms with Crippen molar-refractivity contribution in [3.63, 3.8) is 0 Å². The smallest absolute Gasteiger partial charge is 0.315 e. The molecule has 3 heterocycles. The van der Waals surface area contributed by atoms with Crippen LogP contribution in [-0.2, 0) is 14.3 Å². The third kappa shape index (κ3) is 2.87. The van der Waals surface area contributed by atoms with Gasteiger partial charge in [0.1, 0.15) is 5.92 Å². The zero-order valence-corrected chi connectivity index (χ0v) is 16.3. The number of nitrogens with zero attached hydrogens (tertiary/aromatic N) is 1. The van der Waals surface area contributed by atoms with Crippen LogP contribution in [0.3, 0.4) is 0 Å². The SMILES string of the molecule is COC(=O)C1C(C)=NC2=C(C(=O)CCC2)[C@H]1c1ccc(-c2cccs2)s1. The number of ether oxygens (including phenoxy) is 1. The van der Waals surface area contributed by atoms with Crippen molar-refractivity contribution in [2.24, 2.45) is 10.9 Å². The number of hydrogen-bond acceptors (Lipinski definition) is 6. The number of methoxy groups -OCH3 is 1. The van der Waals surface area contributed by atoms with Gasteiger partial charge >= 0.3 is 5.97 Å². The van der Waals surface area contributed by atoms with Crippen molar-refractivity contribution >= 4 is 40.1 Å². The summed E-state index contributed by atoms with van der Waals surface area (Å²) >= 11 is 3.34. The lowest BCUT2D eigenvalue weighted by atomic mass is 9.74. The van der Waals surface area contributed by atoms with Crippen molar-refractivity contribution in [3.8, 4) is 9.75 Å². The second-order valence-electron chi connectivity index (χ2n) is 6.55. The summed E-state index contributed by atoms with van der Waals surface area (Å²) in [5.41, 5.74) is 2.31. The van der Waals surface area contributed by atoms with Crippen LogP contribution in [-0.4, -0.2) is 24.6 Å². The van der Waals surface area contributed by atoms with Crippen molar-refractivity contribution < 1.29 is 14.3 Å². The van der Waals surface area contributed by atoms with Gasteiger partial charge in [-0.3, -0.25) is 14.6 Å². The van der Waals surface area contributed by atoms with Crippen LogP contribution in [0.25, 0.3) is 9.75 Å². The molecule has 2 aromatic heterocycles. The van der Waals surface area contributed by atoms with E-state index in [-0.39, 0.29) is 17.7 Å². The van der Waals surface area contributed by atoms with E-state index >= 15 is 0 Å². The topological polar surface area (TPSA) is 55.7 Å². The van der Waals surface area contributed by atoms with Crippen LogP contribution in [0.1, 0.15) is 37.0 Å². The Morgan fingerprint density at radius 1 is 1.23 bits per heavy atom. The third-order valence-electron chi connectivity index (χ3n) is 4.99. The second kappa shape index (κ2) is 6.93. The highest BCUT2D eigenvalue weighted by Crippen LogP contribution is 2.46. The summed E-state index contributed by atoms with van der Waals surface area (Å²) < 4.78 is 5.06. The van der Waals surface area contributed by atoms with Crippen molar-refractivity contribution in [2.45, 2.75) is 32.1 Å². The molecule has 26 heavy (non-hydrogen) atoms. The Kier molecular flexibility index (Phi) is 4.63. The minimum Gasteiger partial charge on any atom is -0.468 e. The molecule has 0 spiro atoms. The van der Waals surface area contributed by atoms with E-state index in [2.05, 4.69) is 22.5 Å². The normalized spacial score (nSPS) is 22.8. The second-order valence-corrected chi connectivity index (χ2v) is 8.61. The van der Waals surface area contributed by atoms with Gasteiger partial charge in [0.05, 0.1) is 7.11 Å². The molecule has 6 heteroatoms. The van der Waals surface area contributed by atoms with Gasteiger partial charge in [0.15, 0.2) is 5.78 Å². The Labute approximate surface area is 160 Å². The van der Waals surface area contributed by atoms with Crippen LogP contribution in [0.5, 0.6) is 0 Å². The minimum absolute atomic E-state index is 0.118. The molecule has 134 valence electrons. The van der Waals surface area contributed by atoms with E-state index in [4.69, 9.17) is 4.74 Å². The van der Waals surface area contributed by atoms with Crippen LogP contribution in [0.2, 0.25) is 0 Å². The van der Waals surface area contributed by atoms with Gasteiger partial charge in [0.2, 0.25) is 0 Å². The number of rotatable bonds is 3. The first-order valence-electron chi connectivity index (χ1n) is 8.63. The summed E-state index contributed by atoms with van der Waals surface area (Å²) in [6.45, 7) is 1.87. The lowest BCUT2D eigenvalue weighted by molar-refractivity contribution is -0.143. The summed E-state index contributed by atoms with van der Waals surface area (Å²) in [5.74, 6) is -1.03. The van der Waals surface area contributed by atoms with Crippen molar-refractivity contribution in [1.82, 2.24) is 0 Å². The molecule has 4 rings (SSSR count). The Balaban J connectivity index is 1.84. The minimum atomic E-state index is -0.532. The zero-order chi connectivity index (χ0) is 18.3. The summed E-state index contributed by atoms with van der Waals surface area (Å²) in [5, 5.41) is 2.05. The molecule has 2 atom stereocenters. The fourth-order valence-corrected chi connectivity index (χ4v) is 5.81. The highest BCUT2D eigenvalue weighted by atomic mass is 32.1. The largest absolute Gasteiger partial charge is 0.468 e. The molecule has 0 bridgehead atoms. The quantitative estimate of drug-likeness (QED) is 0.711. The number of Topliss-reactive ketones (excluding diaryl/α,β-unsaturated/α-hetero) is 1. The van der Waals surface area contributed by atoms with Gasteiger partial charge in [-0.15, -0.1) is 22.7 Å². The van der Waals surface area contributed by atoms with E-state index in [1.54, 1.807) is 22.7 Å². The van der Waals surface area contributed by atoms with Gasteiger partial charge in [0.25, 0.3) is 0 Å². The monoisotopic (exact) mass is 385 g/mol. The average Bonchev–Trinajstić information content (AvgIpc) is 3.31. The maximum atomic E-state index is 12.7. The van der Waals surface area contributed by atoms with Crippen molar-refractivity contribution in [1.29, 1.82) is 0 Å². The Morgan fingerprint density at radius 2 is 2.08 bits per heavy atom. The molecule has 1 aliphatic heterocycles.